The van der Waals surface area contributed by atoms with Gasteiger partial charge in [-0.3, -0.25) is 4.90 Å². The van der Waals surface area contributed by atoms with E-state index < -0.39 is 0 Å². The highest BCUT2D eigenvalue weighted by Crippen LogP contribution is 2.38. The first kappa shape index (κ1) is 12.4. The van der Waals surface area contributed by atoms with Gasteiger partial charge in [-0.2, -0.15) is 0 Å². The highest BCUT2D eigenvalue weighted by molar-refractivity contribution is 5.40. The zero-order chi connectivity index (χ0) is 12.4. The molecule has 2 rings (SSSR count). The molecule has 17 heavy (non-hydrogen) atoms. The lowest BCUT2D eigenvalue weighted by Gasteiger charge is -2.33. The van der Waals surface area contributed by atoms with Gasteiger partial charge in [-0.05, 0) is 62.9 Å². The smallest absolute Gasteiger partial charge is 0.115 e. The lowest BCUT2D eigenvalue weighted by Crippen LogP contribution is -2.34. The minimum Gasteiger partial charge on any atom is -0.508 e. The number of rotatable bonds is 4. The Balaban J connectivity index is 2.25. The van der Waals surface area contributed by atoms with Crippen LogP contribution in [0.2, 0.25) is 0 Å². The Morgan fingerprint density at radius 3 is 2.82 bits per heavy atom. The topological polar surface area (TPSA) is 23.5 Å². The fraction of sp³-hybridized carbons (Fsp3) is 0.600. The summed E-state index contributed by atoms with van der Waals surface area (Å²) < 4.78 is 0. The van der Waals surface area contributed by atoms with Crippen LogP contribution >= 0.6 is 0 Å². The van der Waals surface area contributed by atoms with Crippen molar-refractivity contribution in [3.8, 4) is 5.75 Å². The van der Waals surface area contributed by atoms with Gasteiger partial charge in [-0.1, -0.05) is 13.0 Å². The maximum atomic E-state index is 9.52. The largest absolute Gasteiger partial charge is 0.508 e. The van der Waals surface area contributed by atoms with E-state index in [4.69, 9.17) is 0 Å². The normalized spacial score (nSPS) is 19.0. The van der Waals surface area contributed by atoms with Gasteiger partial charge in [-0.25, -0.2) is 0 Å². The monoisotopic (exact) mass is 233 g/mol. The van der Waals surface area contributed by atoms with Crippen LogP contribution in [0.1, 0.15) is 50.8 Å². The summed E-state index contributed by atoms with van der Waals surface area (Å²) in [7, 11) is 0. The molecule has 0 fully saturated rings. The summed E-state index contributed by atoms with van der Waals surface area (Å²) in [5.74, 6) is 0.399. The maximum absolute atomic E-state index is 9.52. The van der Waals surface area contributed by atoms with Gasteiger partial charge in [0.15, 0.2) is 0 Å². The summed E-state index contributed by atoms with van der Waals surface area (Å²) in [6.45, 7) is 7.94. The summed E-state index contributed by atoms with van der Waals surface area (Å²) >= 11 is 0. The Morgan fingerprint density at radius 2 is 2.18 bits per heavy atom. The second-order valence-corrected chi connectivity index (χ2v) is 5.27. The molecule has 2 nitrogen and oxygen atoms in total. The highest BCUT2D eigenvalue weighted by Gasteiger charge is 2.28. The van der Waals surface area contributed by atoms with Crippen LogP contribution in [0.15, 0.2) is 18.2 Å². The third-order valence-electron chi connectivity index (χ3n) is 3.72. The van der Waals surface area contributed by atoms with Gasteiger partial charge in [0.2, 0.25) is 0 Å². The molecule has 0 radical (unpaired) electrons. The van der Waals surface area contributed by atoms with E-state index in [9.17, 15) is 5.11 Å². The first-order valence-electron chi connectivity index (χ1n) is 6.71. The van der Waals surface area contributed by atoms with Gasteiger partial charge < -0.3 is 5.11 Å². The second-order valence-electron chi connectivity index (χ2n) is 5.27. The van der Waals surface area contributed by atoms with Gasteiger partial charge in [-0.15, -0.1) is 0 Å². The number of phenolic OH excluding ortho intramolecular Hbond substituents is 1. The Labute approximate surface area is 104 Å². The summed E-state index contributed by atoms with van der Waals surface area (Å²) in [6.07, 6.45) is 3.49. The van der Waals surface area contributed by atoms with Crippen LogP contribution in [0.25, 0.3) is 0 Å². The molecule has 0 heterocycles. The van der Waals surface area contributed by atoms with E-state index in [1.54, 1.807) is 0 Å². The standard InChI is InChI=1S/C15H23NO/c1-4-9-16(11(2)3)15-8-5-12-10-13(17)6-7-14(12)15/h6-7,10-11,15,17H,4-5,8-9H2,1-3H3. The van der Waals surface area contributed by atoms with E-state index in [2.05, 4.69) is 31.7 Å². The van der Waals surface area contributed by atoms with Crippen LogP contribution in [0.4, 0.5) is 0 Å². The number of hydrogen-bond acceptors (Lipinski definition) is 2. The zero-order valence-corrected chi connectivity index (χ0v) is 11.1. The Hall–Kier alpha value is -1.02. The minimum absolute atomic E-state index is 0.399. The molecule has 1 aliphatic rings. The van der Waals surface area contributed by atoms with Crippen LogP contribution in [0.5, 0.6) is 5.75 Å². The molecular weight excluding hydrogens is 210 g/mol. The van der Waals surface area contributed by atoms with Crippen molar-refractivity contribution in [3.63, 3.8) is 0 Å². The molecule has 0 saturated carbocycles. The molecule has 1 N–H and O–H groups in total. The maximum Gasteiger partial charge on any atom is 0.115 e. The molecular formula is C15H23NO. The molecule has 0 aliphatic heterocycles. The lowest BCUT2D eigenvalue weighted by atomic mass is 10.0. The average Bonchev–Trinajstić information content (AvgIpc) is 2.68. The van der Waals surface area contributed by atoms with E-state index in [0.717, 1.165) is 13.0 Å². The lowest BCUT2D eigenvalue weighted by molar-refractivity contribution is 0.153. The van der Waals surface area contributed by atoms with Crippen molar-refractivity contribution in [3.05, 3.63) is 29.3 Å². The number of aryl methyl sites for hydroxylation is 1. The van der Waals surface area contributed by atoms with E-state index in [-0.39, 0.29) is 0 Å². The molecule has 0 aromatic heterocycles. The predicted octanol–water partition coefficient (Wildman–Crippen LogP) is 3.50. The van der Waals surface area contributed by atoms with E-state index in [1.165, 1.54) is 24.0 Å². The Kier molecular flexibility index (Phi) is 3.72. The van der Waals surface area contributed by atoms with Gasteiger partial charge in [0.1, 0.15) is 5.75 Å². The third kappa shape index (κ3) is 2.47. The van der Waals surface area contributed by atoms with Crippen LogP contribution in [0, 0.1) is 0 Å². The molecule has 1 aromatic carbocycles. The van der Waals surface area contributed by atoms with Crippen molar-refractivity contribution in [1.82, 2.24) is 4.90 Å². The SMILES string of the molecule is CCCN(C(C)C)C1CCc2cc(O)ccc21. The third-order valence-corrected chi connectivity index (χ3v) is 3.72. The molecule has 2 heteroatoms. The van der Waals surface area contributed by atoms with E-state index in [1.807, 2.05) is 12.1 Å². The molecule has 0 amide bonds. The molecule has 0 bridgehead atoms. The quantitative estimate of drug-likeness (QED) is 0.860. The summed E-state index contributed by atoms with van der Waals surface area (Å²) in [4.78, 5) is 2.59. The van der Waals surface area contributed by atoms with E-state index in [0.29, 0.717) is 17.8 Å². The van der Waals surface area contributed by atoms with Gasteiger partial charge in [0, 0.05) is 12.1 Å². The highest BCUT2D eigenvalue weighted by atomic mass is 16.3. The molecule has 0 spiro atoms. The van der Waals surface area contributed by atoms with Crippen molar-refractivity contribution in [2.24, 2.45) is 0 Å². The summed E-state index contributed by atoms with van der Waals surface area (Å²) in [5, 5.41) is 9.52. The molecule has 1 aromatic rings. The second kappa shape index (κ2) is 5.09. The van der Waals surface area contributed by atoms with Gasteiger partial charge in [0.25, 0.3) is 0 Å². The molecule has 1 aliphatic carbocycles. The summed E-state index contributed by atoms with van der Waals surface area (Å²) in [5.41, 5.74) is 2.75. The van der Waals surface area contributed by atoms with Gasteiger partial charge in [0.05, 0.1) is 0 Å². The number of hydrogen-bond donors (Lipinski definition) is 1. The number of benzene rings is 1. The van der Waals surface area contributed by atoms with E-state index >= 15 is 0 Å². The van der Waals surface area contributed by atoms with Crippen molar-refractivity contribution in [1.29, 1.82) is 0 Å². The predicted molar refractivity (Wildman–Crippen MR) is 71.3 cm³/mol. The fourth-order valence-electron chi connectivity index (χ4n) is 2.96. The fourth-order valence-corrected chi connectivity index (χ4v) is 2.96. The molecule has 94 valence electrons. The number of fused-ring (bicyclic) bond motifs is 1. The van der Waals surface area contributed by atoms with Crippen LogP contribution < -0.4 is 0 Å². The Morgan fingerprint density at radius 1 is 1.41 bits per heavy atom. The van der Waals surface area contributed by atoms with Crippen molar-refractivity contribution in [2.75, 3.05) is 6.54 Å². The first-order valence-corrected chi connectivity index (χ1v) is 6.71. The van der Waals surface area contributed by atoms with Gasteiger partial charge >= 0.3 is 0 Å². The van der Waals surface area contributed by atoms with Crippen molar-refractivity contribution in [2.45, 2.75) is 52.1 Å². The number of nitrogens with zero attached hydrogens (tertiary/aromatic N) is 1. The Bertz CT molecular complexity index is 387. The van der Waals surface area contributed by atoms with Crippen molar-refractivity contribution >= 4 is 0 Å². The summed E-state index contributed by atoms with van der Waals surface area (Å²) in [6, 6.07) is 6.99. The minimum atomic E-state index is 0.399. The van der Waals surface area contributed by atoms with Crippen LogP contribution in [-0.4, -0.2) is 22.6 Å². The molecule has 1 unspecified atom stereocenters. The molecule has 0 saturated heterocycles. The van der Waals surface area contributed by atoms with Crippen LogP contribution in [-0.2, 0) is 6.42 Å². The number of aromatic hydroxyl groups is 1. The van der Waals surface area contributed by atoms with Crippen molar-refractivity contribution < 1.29 is 5.11 Å². The zero-order valence-electron chi connectivity index (χ0n) is 11.1. The average molecular weight is 233 g/mol. The number of phenols is 1. The molecule has 1 atom stereocenters. The first-order chi connectivity index (χ1) is 8.13. The van der Waals surface area contributed by atoms with Crippen LogP contribution in [0.3, 0.4) is 0 Å².